The van der Waals surface area contributed by atoms with E-state index in [1.807, 2.05) is 0 Å². The highest BCUT2D eigenvalue weighted by atomic mass is 35.5. The summed E-state index contributed by atoms with van der Waals surface area (Å²) in [5.41, 5.74) is -0.418. The van der Waals surface area contributed by atoms with Crippen molar-refractivity contribution in [2.45, 2.75) is 0 Å². The molecule has 0 aliphatic carbocycles. The fourth-order valence-corrected chi connectivity index (χ4v) is 2.13. The van der Waals surface area contributed by atoms with Gasteiger partial charge in [0.2, 0.25) is 5.95 Å². The van der Waals surface area contributed by atoms with Gasteiger partial charge in [-0.25, -0.2) is 9.78 Å². The van der Waals surface area contributed by atoms with Crippen LogP contribution in [0.1, 0.15) is 20.7 Å². The van der Waals surface area contributed by atoms with Gasteiger partial charge in [0, 0.05) is 6.20 Å². The molecule has 0 unspecified atom stereocenters. The number of hydrogen-bond donors (Lipinski definition) is 2. The molecule has 0 spiro atoms. The Bertz CT molecular complexity index is 714. The first-order valence-electron chi connectivity index (χ1n) is 5.54. The molecule has 8 heteroatoms. The van der Waals surface area contributed by atoms with Crippen LogP contribution in [-0.4, -0.2) is 22.0 Å². The van der Waals surface area contributed by atoms with E-state index in [9.17, 15) is 14.0 Å². The summed E-state index contributed by atoms with van der Waals surface area (Å²) in [7, 11) is 0. The van der Waals surface area contributed by atoms with Crippen LogP contribution in [-0.2, 0) is 0 Å². The summed E-state index contributed by atoms with van der Waals surface area (Å²) in [6.45, 7) is 0. The Kier molecular flexibility index (Phi) is 4.40. The van der Waals surface area contributed by atoms with Gasteiger partial charge in [0.15, 0.2) is 0 Å². The predicted octanol–water partition coefficient (Wildman–Crippen LogP) is 3.48. The van der Waals surface area contributed by atoms with Crippen LogP contribution in [0.15, 0.2) is 30.5 Å². The topological polar surface area (TPSA) is 79.3 Å². The molecule has 1 amide bonds. The number of amides is 1. The van der Waals surface area contributed by atoms with Crippen molar-refractivity contribution < 1.29 is 19.1 Å². The standard InChI is InChI=1S/C13H7Cl2FN2O3/c14-8-4-6(13(20)21)5-9(15)10(8)18-12(19)7-2-1-3-17-11(7)16/h1-5H,(H,18,19)(H,20,21). The van der Waals surface area contributed by atoms with Crippen molar-refractivity contribution in [3.05, 3.63) is 57.6 Å². The number of hydrogen-bond acceptors (Lipinski definition) is 3. The van der Waals surface area contributed by atoms with E-state index in [1.54, 1.807) is 0 Å². The number of benzene rings is 1. The number of nitrogens with zero attached hydrogens (tertiary/aromatic N) is 1. The zero-order chi connectivity index (χ0) is 15.6. The molecule has 0 saturated carbocycles. The van der Waals surface area contributed by atoms with Crippen LogP contribution in [0.4, 0.5) is 10.1 Å². The monoisotopic (exact) mass is 328 g/mol. The predicted molar refractivity (Wildman–Crippen MR) is 75.6 cm³/mol. The quantitative estimate of drug-likeness (QED) is 0.845. The van der Waals surface area contributed by atoms with Crippen molar-refractivity contribution >= 4 is 40.8 Å². The first-order valence-corrected chi connectivity index (χ1v) is 6.30. The highest BCUT2D eigenvalue weighted by Gasteiger charge is 2.17. The Morgan fingerprint density at radius 2 is 1.86 bits per heavy atom. The van der Waals surface area contributed by atoms with Crippen molar-refractivity contribution in [1.82, 2.24) is 4.98 Å². The minimum Gasteiger partial charge on any atom is -0.478 e. The summed E-state index contributed by atoms with van der Waals surface area (Å²) in [6, 6.07) is 4.90. The summed E-state index contributed by atoms with van der Waals surface area (Å²) in [4.78, 5) is 26.1. The van der Waals surface area contributed by atoms with Crippen molar-refractivity contribution in [3.8, 4) is 0 Å². The number of carbonyl (C=O) groups excluding carboxylic acids is 1. The van der Waals surface area contributed by atoms with E-state index in [-0.39, 0.29) is 26.9 Å². The molecule has 0 fully saturated rings. The second-order valence-electron chi connectivity index (χ2n) is 3.92. The molecular weight excluding hydrogens is 322 g/mol. The molecule has 0 aliphatic rings. The van der Waals surface area contributed by atoms with E-state index in [0.29, 0.717) is 0 Å². The van der Waals surface area contributed by atoms with Gasteiger partial charge in [-0.3, -0.25) is 4.79 Å². The van der Waals surface area contributed by atoms with Crippen LogP contribution in [0.3, 0.4) is 0 Å². The number of carboxylic acid groups (broad SMARTS) is 1. The van der Waals surface area contributed by atoms with Gasteiger partial charge in [-0.2, -0.15) is 4.39 Å². The smallest absolute Gasteiger partial charge is 0.335 e. The lowest BCUT2D eigenvalue weighted by Crippen LogP contribution is -2.15. The molecule has 0 radical (unpaired) electrons. The Hall–Kier alpha value is -2.18. The number of aromatic carboxylic acids is 1. The minimum atomic E-state index is -1.21. The van der Waals surface area contributed by atoms with E-state index in [2.05, 4.69) is 10.3 Å². The molecule has 2 rings (SSSR count). The fraction of sp³-hybridized carbons (Fsp3) is 0. The summed E-state index contributed by atoms with van der Waals surface area (Å²) in [6.07, 6.45) is 1.20. The maximum Gasteiger partial charge on any atom is 0.335 e. The van der Waals surface area contributed by atoms with Crippen LogP contribution in [0.25, 0.3) is 0 Å². The van der Waals surface area contributed by atoms with Gasteiger partial charge in [-0.05, 0) is 24.3 Å². The Balaban J connectivity index is 2.34. The van der Waals surface area contributed by atoms with Crippen LogP contribution >= 0.6 is 23.2 Å². The normalized spacial score (nSPS) is 10.2. The third-order valence-electron chi connectivity index (χ3n) is 2.53. The molecule has 0 atom stereocenters. The molecule has 5 nitrogen and oxygen atoms in total. The van der Waals surface area contributed by atoms with Gasteiger partial charge in [0.05, 0.1) is 26.9 Å². The average molecular weight is 329 g/mol. The number of pyridine rings is 1. The maximum atomic E-state index is 13.4. The first kappa shape index (κ1) is 15.2. The lowest BCUT2D eigenvalue weighted by Gasteiger charge is -2.10. The number of carboxylic acids is 1. The second kappa shape index (κ2) is 6.07. The van der Waals surface area contributed by atoms with Gasteiger partial charge >= 0.3 is 5.97 Å². The highest BCUT2D eigenvalue weighted by Crippen LogP contribution is 2.32. The van der Waals surface area contributed by atoms with Gasteiger partial charge in [-0.15, -0.1) is 0 Å². The lowest BCUT2D eigenvalue weighted by molar-refractivity contribution is 0.0696. The third-order valence-corrected chi connectivity index (χ3v) is 3.13. The molecule has 108 valence electrons. The molecule has 2 N–H and O–H groups in total. The molecule has 1 aromatic heterocycles. The molecule has 2 aromatic rings. The summed E-state index contributed by atoms with van der Waals surface area (Å²) in [5, 5.41) is 11.0. The van der Waals surface area contributed by atoms with Gasteiger partial charge < -0.3 is 10.4 Å². The number of halogens is 3. The molecule has 1 heterocycles. The summed E-state index contributed by atoms with van der Waals surface area (Å²) < 4.78 is 13.4. The zero-order valence-corrected chi connectivity index (χ0v) is 11.7. The number of carbonyl (C=O) groups is 2. The molecule has 21 heavy (non-hydrogen) atoms. The SMILES string of the molecule is O=C(O)c1cc(Cl)c(NC(=O)c2cccnc2F)c(Cl)c1. The molecule has 1 aromatic carbocycles. The number of aromatic nitrogens is 1. The minimum absolute atomic E-state index is 0.00316. The van der Waals surface area contributed by atoms with E-state index in [0.717, 1.165) is 12.1 Å². The van der Waals surface area contributed by atoms with Gasteiger partial charge in [0.1, 0.15) is 0 Å². The highest BCUT2D eigenvalue weighted by molar-refractivity contribution is 6.40. The van der Waals surface area contributed by atoms with Gasteiger partial charge in [0.25, 0.3) is 5.91 Å². The molecular formula is C13H7Cl2FN2O3. The average Bonchev–Trinajstić information content (AvgIpc) is 2.42. The lowest BCUT2D eigenvalue weighted by atomic mass is 10.2. The van der Waals surface area contributed by atoms with Crippen molar-refractivity contribution in [1.29, 1.82) is 0 Å². The van der Waals surface area contributed by atoms with Crippen LogP contribution in [0.5, 0.6) is 0 Å². The van der Waals surface area contributed by atoms with Crippen molar-refractivity contribution in [2.24, 2.45) is 0 Å². The molecule has 0 saturated heterocycles. The number of rotatable bonds is 3. The van der Waals surface area contributed by atoms with Crippen molar-refractivity contribution in [3.63, 3.8) is 0 Å². The van der Waals surface area contributed by atoms with E-state index in [4.69, 9.17) is 28.3 Å². The van der Waals surface area contributed by atoms with Crippen LogP contribution in [0, 0.1) is 5.95 Å². The van der Waals surface area contributed by atoms with E-state index >= 15 is 0 Å². The summed E-state index contributed by atoms with van der Waals surface area (Å²) in [5.74, 6) is -2.95. The second-order valence-corrected chi connectivity index (χ2v) is 4.73. The first-order chi connectivity index (χ1) is 9.90. The fourth-order valence-electron chi connectivity index (χ4n) is 1.55. The van der Waals surface area contributed by atoms with E-state index < -0.39 is 17.8 Å². The van der Waals surface area contributed by atoms with E-state index in [1.165, 1.54) is 18.3 Å². The Morgan fingerprint density at radius 3 is 2.38 bits per heavy atom. The largest absolute Gasteiger partial charge is 0.478 e. The van der Waals surface area contributed by atoms with Crippen LogP contribution in [0.2, 0.25) is 10.0 Å². The van der Waals surface area contributed by atoms with Gasteiger partial charge in [-0.1, -0.05) is 23.2 Å². The Morgan fingerprint density at radius 1 is 1.24 bits per heavy atom. The summed E-state index contributed by atoms with van der Waals surface area (Å²) >= 11 is 11.8. The third kappa shape index (κ3) is 3.29. The maximum absolute atomic E-state index is 13.4. The molecule has 0 aliphatic heterocycles. The number of anilines is 1. The number of nitrogens with one attached hydrogen (secondary N) is 1. The zero-order valence-electron chi connectivity index (χ0n) is 10.2. The molecule has 0 bridgehead atoms. The van der Waals surface area contributed by atoms with Crippen molar-refractivity contribution in [2.75, 3.05) is 5.32 Å². The Labute approximate surface area is 128 Å². The van der Waals surface area contributed by atoms with Crippen LogP contribution < -0.4 is 5.32 Å².